The summed E-state index contributed by atoms with van der Waals surface area (Å²) in [5.41, 5.74) is 0.210. The molecule has 96 valence electrons. The lowest BCUT2D eigenvalue weighted by atomic mass is 10.3. The van der Waals surface area contributed by atoms with Crippen molar-refractivity contribution in [3.63, 3.8) is 0 Å². The molecule has 0 unspecified atom stereocenters. The van der Waals surface area contributed by atoms with Crippen molar-refractivity contribution in [2.75, 3.05) is 16.8 Å². The Hall–Kier alpha value is -1.58. The Morgan fingerprint density at radius 2 is 2.17 bits per heavy atom. The minimum Gasteiger partial charge on any atom is -0.325 e. The van der Waals surface area contributed by atoms with Crippen molar-refractivity contribution < 1.29 is 17.6 Å². The third-order valence-electron chi connectivity index (χ3n) is 1.86. The van der Waals surface area contributed by atoms with Gasteiger partial charge in [0.05, 0.1) is 5.02 Å². The Morgan fingerprint density at radius 3 is 2.72 bits per heavy atom. The Kier molecular flexibility index (Phi) is 4.70. The predicted molar refractivity (Wildman–Crippen MR) is 67.5 cm³/mol. The van der Waals surface area contributed by atoms with Crippen molar-refractivity contribution >= 4 is 33.0 Å². The van der Waals surface area contributed by atoms with E-state index >= 15 is 0 Å². The van der Waals surface area contributed by atoms with Crippen molar-refractivity contribution in [3.05, 3.63) is 29.0 Å². The van der Waals surface area contributed by atoms with Crippen LogP contribution in [-0.2, 0) is 14.6 Å². The molecule has 1 N–H and O–H groups in total. The highest BCUT2D eigenvalue weighted by atomic mass is 35.5. The van der Waals surface area contributed by atoms with Gasteiger partial charge in [0.2, 0.25) is 5.91 Å². The van der Waals surface area contributed by atoms with Crippen LogP contribution in [-0.4, -0.2) is 25.8 Å². The van der Waals surface area contributed by atoms with Crippen molar-refractivity contribution in [3.8, 4) is 12.3 Å². The average Bonchev–Trinajstić information content (AvgIpc) is 2.22. The van der Waals surface area contributed by atoms with Crippen LogP contribution in [0.2, 0.25) is 5.02 Å². The quantitative estimate of drug-likeness (QED) is 0.854. The Labute approximate surface area is 109 Å². The molecule has 1 rings (SSSR count). The van der Waals surface area contributed by atoms with Crippen molar-refractivity contribution in [2.45, 2.75) is 0 Å². The van der Waals surface area contributed by atoms with Crippen LogP contribution < -0.4 is 5.32 Å². The topological polar surface area (TPSA) is 63.2 Å². The summed E-state index contributed by atoms with van der Waals surface area (Å²) in [6, 6.07) is 3.52. The molecule has 1 amide bonds. The molecular formula is C11H9ClFNO3S. The van der Waals surface area contributed by atoms with E-state index in [0.717, 1.165) is 6.07 Å². The van der Waals surface area contributed by atoms with Gasteiger partial charge < -0.3 is 5.32 Å². The van der Waals surface area contributed by atoms with Gasteiger partial charge in [0, 0.05) is 5.69 Å². The molecule has 0 saturated heterocycles. The summed E-state index contributed by atoms with van der Waals surface area (Å²) in [5, 5.41) is 2.12. The lowest BCUT2D eigenvalue weighted by molar-refractivity contribution is -0.113. The number of nitrogens with one attached hydrogen (secondary N) is 1. The Bertz CT molecular complexity index is 607. The Morgan fingerprint density at radius 1 is 1.50 bits per heavy atom. The van der Waals surface area contributed by atoms with Crippen molar-refractivity contribution in [1.29, 1.82) is 0 Å². The first-order chi connectivity index (χ1) is 8.34. The van der Waals surface area contributed by atoms with Crippen molar-refractivity contribution in [2.24, 2.45) is 0 Å². The summed E-state index contributed by atoms with van der Waals surface area (Å²) < 4.78 is 35.4. The van der Waals surface area contributed by atoms with Gasteiger partial charge in [-0.15, -0.1) is 6.42 Å². The first-order valence-electron chi connectivity index (χ1n) is 4.73. The highest BCUT2D eigenvalue weighted by molar-refractivity contribution is 7.92. The van der Waals surface area contributed by atoms with Gasteiger partial charge in [-0.05, 0) is 18.2 Å². The second kappa shape index (κ2) is 5.85. The molecule has 1 aromatic rings. The van der Waals surface area contributed by atoms with Crippen LogP contribution in [0.3, 0.4) is 0 Å². The summed E-state index contributed by atoms with van der Waals surface area (Å²) in [7, 11) is -3.62. The molecule has 1 aromatic carbocycles. The SMILES string of the molecule is C#CCS(=O)(=O)CC(=O)Nc1ccc(F)c(Cl)c1. The van der Waals surface area contributed by atoms with Gasteiger partial charge >= 0.3 is 0 Å². The number of carbonyl (C=O) groups is 1. The molecule has 18 heavy (non-hydrogen) atoms. The molecule has 4 nitrogen and oxygen atoms in total. The van der Waals surface area contributed by atoms with Crippen LogP contribution >= 0.6 is 11.6 Å². The van der Waals surface area contributed by atoms with Gasteiger partial charge in [0.15, 0.2) is 9.84 Å². The van der Waals surface area contributed by atoms with E-state index in [1.165, 1.54) is 12.1 Å². The van der Waals surface area contributed by atoms with Gasteiger partial charge in [-0.1, -0.05) is 17.5 Å². The van der Waals surface area contributed by atoms with Crippen molar-refractivity contribution in [1.82, 2.24) is 0 Å². The van der Waals surface area contributed by atoms with Crippen LogP contribution in [0, 0.1) is 18.2 Å². The molecule has 0 saturated carbocycles. The minimum atomic E-state index is -3.62. The highest BCUT2D eigenvalue weighted by Crippen LogP contribution is 2.19. The van der Waals surface area contributed by atoms with E-state index in [9.17, 15) is 17.6 Å². The zero-order chi connectivity index (χ0) is 13.8. The molecule has 0 atom stereocenters. The number of rotatable bonds is 4. The number of amides is 1. The fourth-order valence-corrected chi connectivity index (χ4v) is 2.16. The summed E-state index contributed by atoms with van der Waals surface area (Å²) in [5.74, 6) is -0.671. The molecule has 0 radical (unpaired) electrons. The molecular weight excluding hydrogens is 281 g/mol. The number of anilines is 1. The number of terminal acetylenes is 1. The molecule has 0 fully saturated rings. The van der Waals surface area contributed by atoms with Gasteiger partial charge in [-0.25, -0.2) is 12.8 Å². The van der Waals surface area contributed by atoms with Gasteiger partial charge in [-0.3, -0.25) is 4.79 Å². The van der Waals surface area contributed by atoms with Gasteiger partial charge in [0.25, 0.3) is 0 Å². The third-order valence-corrected chi connectivity index (χ3v) is 3.46. The van der Waals surface area contributed by atoms with Crippen LogP contribution in [0.1, 0.15) is 0 Å². The van der Waals surface area contributed by atoms with E-state index in [-0.39, 0.29) is 10.7 Å². The minimum absolute atomic E-state index is 0.167. The summed E-state index contributed by atoms with van der Waals surface area (Å²) >= 11 is 5.51. The number of halogens is 2. The van der Waals surface area contributed by atoms with Crippen LogP contribution in [0.25, 0.3) is 0 Å². The first-order valence-corrected chi connectivity index (χ1v) is 6.93. The summed E-state index contributed by atoms with van der Waals surface area (Å²) in [4.78, 5) is 11.4. The maximum Gasteiger partial charge on any atom is 0.239 e. The lowest BCUT2D eigenvalue weighted by Crippen LogP contribution is -2.24. The zero-order valence-corrected chi connectivity index (χ0v) is 10.7. The van der Waals surface area contributed by atoms with E-state index in [1.807, 2.05) is 5.92 Å². The molecule has 0 heterocycles. The zero-order valence-electron chi connectivity index (χ0n) is 9.11. The second-order valence-corrected chi connectivity index (χ2v) is 5.89. The number of hydrogen-bond donors (Lipinski definition) is 1. The van der Waals surface area contributed by atoms with Crippen LogP contribution in [0.15, 0.2) is 18.2 Å². The molecule has 0 aromatic heterocycles. The Balaban J connectivity index is 2.71. The highest BCUT2D eigenvalue weighted by Gasteiger charge is 2.15. The molecule has 0 aliphatic carbocycles. The standard InChI is InChI=1S/C11H9ClFNO3S/c1-2-5-18(16,17)7-11(15)14-8-3-4-10(13)9(12)6-8/h1,3-4,6H,5,7H2,(H,14,15). The summed E-state index contributed by atoms with van der Waals surface area (Å²) in [6.07, 6.45) is 4.86. The number of benzene rings is 1. The fourth-order valence-electron chi connectivity index (χ4n) is 1.15. The van der Waals surface area contributed by atoms with Gasteiger partial charge in [-0.2, -0.15) is 0 Å². The van der Waals surface area contributed by atoms with Crippen LogP contribution in [0.5, 0.6) is 0 Å². The second-order valence-electron chi connectivity index (χ2n) is 3.41. The monoisotopic (exact) mass is 289 g/mol. The van der Waals surface area contributed by atoms with E-state index in [1.54, 1.807) is 0 Å². The third kappa shape index (κ3) is 4.35. The number of hydrogen-bond acceptors (Lipinski definition) is 3. The number of sulfone groups is 1. The molecule has 0 bridgehead atoms. The lowest BCUT2D eigenvalue weighted by Gasteiger charge is -2.05. The van der Waals surface area contributed by atoms with E-state index < -0.39 is 33.1 Å². The summed E-state index contributed by atoms with van der Waals surface area (Å²) in [6.45, 7) is 0. The van der Waals surface area contributed by atoms with E-state index in [0.29, 0.717) is 0 Å². The fraction of sp³-hybridized carbons (Fsp3) is 0.182. The smallest absolute Gasteiger partial charge is 0.239 e. The van der Waals surface area contributed by atoms with Crippen LogP contribution in [0.4, 0.5) is 10.1 Å². The maximum absolute atomic E-state index is 12.8. The van der Waals surface area contributed by atoms with E-state index in [2.05, 4.69) is 5.32 Å². The molecule has 7 heteroatoms. The molecule has 0 aliphatic heterocycles. The van der Waals surface area contributed by atoms with E-state index in [4.69, 9.17) is 18.0 Å². The molecule has 0 spiro atoms. The average molecular weight is 290 g/mol. The first kappa shape index (κ1) is 14.5. The maximum atomic E-state index is 12.8. The number of carbonyl (C=O) groups excluding carboxylic acids is 1. The largest absolute Gasteiger partial charge is 0.325 e. The normalized spacial score (nSPS) is 10.7. The predicted octanol–water partition coefficient (Wildman–Crippen LogP) is 1.47. The van der Waals surface area contributed by atoms with Gasteiger partial charge in [0.1, 0.15) is 17.3 Å². The molecule has 0 aliphatic rings.